The molecule has 0 spiro atoms. The zero-order valence-corrected chi connectivity index (χ0v) is 15.0. The number of hydrogen-bond donors (Lipinski definition) is 1. The van der Waals surface area contributed by atoms with Crippen molar-refractivity contribution in [2.45, 2.75) is 18.7 Å². The van der Waals surface area contributed by atoms with E-state index < -0.39 is 16.0 Å². The van der Waals surface area contributed by atoms with E-state index in [1.54, 1.807) is 6.92 Å². The predicted octanol–water partition coefficient (Wildman–Crippen LogP) is 2.53. The molecule has 0 aliphatic heterocycles. The van der Waals surface area contributed by atoms with Crippen LogP contribution < -0.4 is 9.46 Å². The van der Waals surface area contributed by atoms with Crippen LogP contribution in [0.25, 0.3) is 0 Å². The molecule has 7 heteroatoms. The molecule has 0 aromatic heterocycles. The molecule has 2 aromatic rings. The van der Waals surface area contributed by atoms with E-state index in [0.29, 0.717) is 5.75 Å². The summed E-state index contributed by atoms with van der Waals surface area (Å²) in [4.78, 5) is 12.1. The second-order valence-corrected chi connectivity index (χ2v) is 7.09. The van der Waals surface area contributed by atoms with E-state index in [1.165, 1.54) is 24.3 Å². The number of nitrogens with one attached hydrogen (secondary N) is 1. The fraction of sp³-hybridized carbons (Fsp3) is 0.278. The van der Waals surface area contributed by atoms with Crippen LogP contribution in [0.1, 0.15) is 22.8 Å². The molecule has 0 bridgehead atoms. The Morgan fingerprint density at radius 1 is 1.08 bits per heavy atom. The van der Waals surface area contributed by atoms with Crippen LogP contribution in [-0.4, -0.2) is 34.1 Å². The zero-order valence-electron chi connectivity index (χ0n) is 14.2. The number of carbonyl (C=O) groups excluding carboxylic acids is 1. The third-order valence-corrected chi connectivity index (χ3v) is 4.86. The Hall–Kier alpha value is -2.38. The van der Waals surface area contributed by atoms with Gasteiger partial charge in [0.25, 0.3) is 0 Å². The van der Waals surface area contributed by atoms with E-state index in [4.69, 9.17) is 9.47 Å². The van der Waals surface area contributed by atoms with E-state index >= 15 is 0 Å². The van der Waals surface area contributed by atoms with Crippen LogP contribution in [0.2, 0.25) is 0 Å². The molecule has 2 rings (SSSR count). The Balaban J connectivity index is 1.89. The molecule has 1 N–H and O–H groups in total. The first-order chi connectivity index (χ1) is 11.9. The third-order valence-electron chi connectivity index (χ3n) is 3.32. The number of sulfonamides is 1. The first-order valence-corrected chi connectivity index (χ1v) is 9.37. The minimum absolute atomic E-state index is 0.0275. The second-order valence-electron chi connectivity index (χ2n) is 5.33. The Labute approximate surface area is 147 Å². The lowest BCUT2D eigenvalue weighted by molar-refractivity contribution is 0.0450. The summed E-state index contributed by atoms with van der Waals surface area (Å²) in [6.07, 6.45) is 0. The van der Waals surface area contributed by atoms with Crippen molar-refractivity contribution in [3.05, 3.63) is 59.7 Å². The molecular weight excluding hydrogens is 342 g/mol. The van der Waals surface area contributed by atoms with Crippen LogP contribution in [0, 0.1) is 6.92 Å². The summed E-state index contributed by atoms with van der Waals surface area (Å²) < 4.78 is 36.9. The minimum Gasteiger partial charge on any atom is -0.490 e. The average molecular weight is 363 g/mol. The number of aryl methyl sites for hydroxylation is 1. The Bertz CT molecular complexity index is 816. The molecule has 0 amide bonds. The number of benzene rings is 2. The van der Waals surface area contributed by atoms with Gasteiger partial charge in [0, 0.05) is 6.54 Å². The van der Waals surface area contributed by atoms with Gasteiger partial charge in [0.05, 0.1) is 10.5 Å². The van der Waals surface area contributed by atoms with Gasteiger partial charge in [-0.3, -0.25) is 0 Å². The van der Waals surface area contributed by atoms with E-state index in [1.807, 2.05) is 31.2 Å². The molecule has 0 atom stereocenters. The monoisotopic (exact) mass is 363 g/mol. The molecule has 6 nitrogen and oxygen atoms in total. The molecule has 0 saturated carbocycles. The van der Waals surface area contributed by atoms with Crippen molar-refractivity contribution < 1.29 is 22.7 Å². The molecule has 0 aliphatic rings. The lowest BCUT2D eigenvalue weighted by Gasteiger charge is -2.09. The van der Waals surface area contributed by atoms with Gasteiger partial charge in [0.15, 0.2) is 0 Å². The van der Waals surface area contributed by atoms with Gasteiger partial charge in [-0.2, -0.15) is 0 Å². The summed E-state index contributed by atoms with van der Waals surface area (Å²) >= 11 is 0. The highest BCUT2D eigenvalue weighted by molar-refractivity contribution is 7.89. The van der Waals surface area contributed by atoms with E-state index in [0.717, 1.165) is 5.56 Å². The lowest BCUT2D eigenvalue weighted by Crippen LogP contribution is -2.23. The fourth-order valence-electron chi connectivity index (χ4n) is 2.08. The minimum atomic E-state index is -3.61. The van der Waals surface area contributed by atoms with Crippen LogP contribution >= 0.6 is 0 Å². The van der Waals surface area contributed by atoms with Crippen molar-refractivity contribution >= 4 is 16.0 Å². The zero-order chi connectivity index (χ0) is 18.3. The third kappa shape index (κ3) is 5.58. The van der Waals surface area contributed by atoms with Gasteiger partial charge < -0.3 is 9.47 Å². The molecule has 0 unspecified atom stereocenters. The van der Waals surface area contributed by atoms with Gasteiger partial charge in [0.2, 0.25) is 10.0 Å². The molecule has 0 aliphatic carbocycles. The molecule has 0 saturated heterocycles. The van der Waals surface area contributed by atoms with Crippen molar-refractivity contribution in [1.29, 1.82) is 0 Å². The van der Waals surface area contributed by atoms with E-state index in [2.05, 4.69) is 4.72 Å². The molecule has 2 aromatic carbocycles. The average Bonchev–Trinajstić information content (AvgIpc) is 2.60. The van der Waals surface area contributed by atoms with E-state index in [-0.39, 0.29) is 30.2 Å². The van der Waals surface area contributed by atoms with Gasteiger partial charge in [-0.25, -0.2) is 17.9 Å². The van der Waals surface area contributed by atoms with Gasteiger partial charge in [-0.05, 0) is 37.3 Å². The Morgan fingerprint density at radius 3 is 2.48 bits per heavy atom. The SMILES string of the molecule is CCNS(=O)(=O)c1cccc(C(=O)OCCOc2ccc(C)cc2)c1. The summed E-state index contributed by atoms with van der Waals surface area (Å²) in [5, 5.41) is 0. The normalized spacial score (nSPS) is 11.1. The highest BCUT2D eigenvalue weighted by Gasteiger charge is 2.15. The maximum atomic E-state index is 12.0. The molecule has 25 heavy (non-hydrogen) atoms. The second kappa shape index (κ2) is 8.64. The molecular formula is C18H21NO5S. The molecule has 0 heterocycles. The fourth-order valence-corrected chi connectivity index (χ4v) is 3.16. The maximum Gasteiger partial charge on any atom is 0.338 e. The largest absolute Gasteiger partial charge is 0.490 e. The summed E-state index contributed by atoms with van der Waals surface area (Å²) in [6, 6.07) is 13.3. The van der Waals surface area contributed by atoms with E-state index in [9.17, 15) is 13.2 Å². The first-order valence-electron chi connectivity index (χ1n) is 7.88. The number of rotatable bonds is 8. The van der Waals surface area contributed by atoms with Crippen LogP contribution in [0.3, 0.4) is 0 Å². The van der Waals surface area contributed by atoms with Gasteiger partial charge in [-0.15, -0.1) is 0 Å². The summed E-state index contributed by atoms with van der Waals surface area (Å²) in [5.74, 6) is 0.0986. The highest BCUT2D eigenvalue weighted by Crippen LogP contribution is 2.13. The van der Waals surface area contributed by atoms with Crippen LogP contribution in [0.5, 0.6) is 5.75 Å². The van der Waals surface area contributed by atoms with Crippen molar-refractivity contribution in [3.8, 4) is 5.75 Å². The standard InChI is InChI=1S/C18H21NO5S/c1-3-19-25(21,22)17-6-4-5-15(13-17)18(20)24-12-11-23-16-9-7-14(2)8-10-16/h4-10,13,19H,3,11-12H2,1-2H3. The van der Waals surface area contributed by atoms with Crippen molar-refractivity contribution in [2.75, 3.05) is 19.8 Å². The van der Waals surface area contributed by atoms with Crippen molar-refractivity contribution in [1.82, 2.24) is 4.72 Å². The lowest BCUT2D eigenvalue weighted by atomic mass is 10.2. The predicted molar refractivity (Wildman–Crippen MR) is 94.3 cm³/mol. The quantitative estimate of drug-likeness (QED) is 0.576. The van der Waals surface area contributed by atoms with Gasteiger partial charge >= 0.3 is 5.97 Å². The number of hydrogen-bond acceptors (Lipinski definition) is 5. The Morgan fingerprint density at radius 2 is 1.80 bits per heavy atom. The van der Waals surface area contributed by atoms with Crippen molar-refractivity contribution in [3.63, 3.8) is 0 Å². The maximum absolute atomic E-state index is 12.0. The number of carbonyl (C=O) groups is 1. The van der Waals surface area contributed by atoms with Gasteiger partial charge in [-0.1, -0.05) is 30.7 Å². The van der Waals surface area contributed by atoms with Crippen molar-refractivity contribution in [2.24, 2.45) is 0 Å². The molecule has 134 valence electrons. The molecule has 0 fully saturated rings. The Kier molecular flexibility index (Phi) is 6.55. The topological polar surface area (TPSA) is 81.7 Å². The smallest absolute Gasteiger partial charge is 0.338 e. The first kappa shape index (κ1) is 19.0. The number of esters is 1. The summed E-state index contributed by atoms with van der Waals surface area (Å²) in [6.45, 7) is 4.22. The summed E-state index contributed by atoms with van der Waals surface area (Å²) in [7, 11) is -3.61. The van der Waals surface area contributed by atoms with Gasteiger partial charge in [0.1, 0.15) is 19.0 Å². The van der Waals surface area contributed by atoms with Crippen LogP contribution in [0.4, 0.5) is 0 Å². The number of ether oxygens (including phenoxy) is 2. The molecule has 0 radical (unpaired) electrons. The summed E-state index contributed by atoms with van der Waals surface area (Å²) in [5.41, 5.74) is 1.31. The van der Waals surface area contributed by atoms with Crippen LogP contribution in [-0.2, 0) is 14.8 Å². The highest BCUT2D eigenvalue weighted by atomic mass is 32.2. The van der Waals surface area contributed by atoms with Crippen LogP contribution in [0.15, 0.2) is 53.4 Å².